The summed E-state index contributed by atoms with van der Waals surface area (Å²) >= 11 is 0. The van der Waals surface area contributed by atoms with Gasteiger partial charge in [0.25, 0.3) is 0 Å². The largest absolute Gasteiger partial charge is 0.394 e. The Labute approximate surface area is 389 Å². The zero-order chi connectivity index (χ0) is 44.9. The lowest BCUT2D eigenvalue weighted by Gasteiger charge is -2.19. The third-order valence-corrected chi connectivity index (χ3v) is 13.1. The number of allylic oxidation sites excluding steroid dienone is 5. The van der Waals surface area contributed by atoms with Gasteiger partial charge in [-0.1, -0.05) is 281 Å². The predicted octanol–water partition coefficient (Wildman–Crippen LogP) is 18.5. The zero-order valence-corrected chi connectivity index (χ0v) is 42.2. The van der Waals surface area contributed by atoms with Crippen LogP contribution in [-0.4, -0.2) is 34.9 Å². The molecule has 2 atom stereocenters. The van der Waals surface area contributed by atoms with E-state index in [4.69, 9.17) is 0 Å². The Morgan fingerprint density at radius 2 is 0.629 bits per heavy atom. The molecular formula is C58H111NO3. The van der Waals surface area contributed by atoms with Gasteiger partial charge >= 0.3 is 0 Å². The smallest absolute Gasteiger partial charge is 0.220 e. The molecule has 62 heavy (non-hydrogen) atoms. The second-order valence-electron chi connectivity index (χ2n) is 19.3. The molecule has 366 valence electrons. The van der Waals surface area contributed by atoms with Crippen LogP contribution in [0.2, 0.25) is 0 Å². The van der Waals surface area contributed by atoms with Crippen LogP contribution in [0.3, 0.4) is 0 Å². The molecule has 0 bridgehead atoms. The summed E-state index contributed by atoms with van der Waals surface area (Å²) in [4.78, 5) is 12.5. The molecule has 4 heteroatoms. The van der Waals surface area contributed by atoms with Gasteiger partial charge in [-0.3, -0.25) is 4.79 Å². The number of aliphatic hydroxyl groups is 2. The monoisotopic (exact) mass is 870 g/mol. The first kappa shape index (κ1) is 60.6. The number of amides is 1. The first-order valence-corrected chi connectivity index (χ1v) is 28.2. The van der Waals surface area contributed by atoms with Gasteiger partial charge in [0.1, 0.15) is 0 Å². The number of carbonyl (C=O) groups is 1. The average Bonchev–Trinajstić information content (AvgIpc) is 3.28. The molecule has 0 fully saturated rings. The van der Waals surface area contributed by atoms with Crippen molar-refractivity contribution in [3.8, 4) is 0 Å². The highest BCUT2D eigenvalue weighted by molar-refractivity contribution is 5.76. The SMILES string of the molecule is CCCCCCCCCC/C=C\CCCCCCCCCCCC(=O)NC(CO)C(O)/C=C/CC/C=C/CCCCCCCCCCCCCCCCCCCCCCCCC. The second kappa shape index (κ2) is 53.9. The lowest BCUT2D eigenvalue weighted by molar-refractivity contribution is -0.123. The van der Waals surface area contributed by atoms with Crippen LogP contribution in [0.5, 0.6) is 0 Å². The molecule has 0 aliphatic carbocycles. The highest BCUT2D eigenvalue weighted by atomic mass is 16.3. The van der Waals surface area contributed by atoms with Crippen molar-refractivity contribution >= 4 is 5.91 Å². The van der Waals surface area contributed by atoms with E-state index in [1.54, 1.807) is 6.08 Å². The van der Waals surface area contributed by atoms with Gasteiger partial charge in [0.2, 0.25) is 5.91 Å². The molecule has 0 aromatic heterocycles. The molecule has 0 aliphatic rings. The van der Waals surface area contributed by atoms with Crippen LogP contribution in [0.15, 0.2) is 36.5 Å². The molecule has 0 aromatic carbocycles. The van der Waals surface area contributed by atoms with E-state index in [-0.39, 0.29) is 12.5 Å². The molecule has 3 N–H and O–H groups in total. The lowest BCUT2D eigenvalue weighted by atomic mass is 10.0. The maximum Gasteiger partial charge on any atom is 0.220 e. The second-order valence-corrected chi connectivity index (χ2v) is 19.3. The van der Waals surface area contributed by atoms with Crippen LogP contribution in [0.1, 0.15) is 309 Å². The van der Waals surface area contributed by atoms with E-state index in [0.717, 1.165) is 32.1 Å². The Balaban J connectivity index is 3.51. The van der Waals surface area contributed by atoms with Crippen molar-refractivity contribution in [1.82, 2.24) is 5.32 Å². The van der Waals surface area contributed by atoms with Gasteiger partial charge in [-0.15, -0.1) is 0 Å². The maximum atomic E-state index is 12.5. The maximum absolute atomic E-state index is 12.5. The number of hydrogen-bond donors (Lipinski definition) is 3. The number of hydrogen-bond acceptors (Lipinski definition) is 3. The van der Waals surface area contributed by atoms with Crippen molar-refractivity contribution in [2.24, 2.45) is 0 Å². The third kappa shape index (κ3) is 49.6. The standard InChI is InChI=1S/C58H111NO3/c1-3-5-7-9-11-13-15-17-19-21-23-25-26-27-28-29-30-31-32-34-35-37-39-41-43-45-47-49-51-53-57(61)56(55-60)59-58(62)54-52-50-48-46-44-42-40-38-36-33-24-22-20-18-16-14-12-10-8-6-4-2/h22,24,43,45,51,53,56-57,60-61H,3-21,23,25-42,44,46-50,52,54-55H2,1-2H3,(H,59,62)/b24-22-,45-43+,53-51+. The molecule has 2 unspecified atom stereocenters. The van der Waals surface area contributed by atoms with Gasteiger partial charge in [0.15, 0.2) is 0 Å². The van der Waals surface area contributed by atoms with Gasteiger partial charge < -0.3 is 15.5 Å². The van der Waals surface area contributed by atoms with Crippen LogP contribution < -0.4 is 5.32 Å². The fraction of sp³-hybridized carbons (Fsp3) is 0.879. The molecule has 0 heterocycles. The van der Waals surface area contributed by atoms with Crippen LogP contribution in [-0.2, 0) is 4.79 Å². The van der Waals surface area contributed by atoms with Gasteiger partial charge in [-0.25, -0.2) is 0 Å². The normalized spacial score (nSPS) is 13.0. The minimum atomic E-state index is -0.863. The molecule has 0 aromatic rings. The summed E-state index contributed by atoms with van der Waals surface area (Å²) in [6.45, 7) is 4.33. The van der Waals surface area contributed by atoms with Crippen molar-refractivity contribution in [1.29, 1.82) is 0 Å². The summed E-state index contributed by atoms with van der Waals surface area (Å²) in [5.41, 5.74) is 0. The van der Waals surface area contributed by atoms with Crippen LogP contribution in [0.4, 0.5) is 0 Å². The number of carbonyl (C=O) groups excluding carboxylic acids is 1. The Kier molecular flexibility index (Phi) is 52.7. The fourth-order valence-electron chi connectivity index (χ4n) is 8.78. The third-order valence-electron chi connectivity index (χ3n) is 13.1. The highest BCUT2D eigenvalue weighted by Gasteiger charge is 2.18. The first-order chi connectivity index (χ1) is 30.7. The van der Waals surface area contributed by atoms with E-state index in [0.29, 0.717) is 6.42 Å². The summed E-state index contributed by atoms with van der Waals surface area (Å²) in [5.74, 6) is -0.0723. The lowest BCUT2D eigenvalue weighted by Crippen LogP contribution is -2.45. The molecule has 0 saturated heterocycles. The summed E-state index contributed by atoms with van der Waals surface area (Å²) in [6, 6.07) is -0.640. The van der Waals surface area contributed by atoms with Gasteiger partial charge in [-0.05, 0) is 57.8 Å². The molecule has 0 spiro atoms. The van der Waals surface area contributed by atoms with Gasteiger partial charge in [0, 0.05) is 6.42 Å². The van der Waals surface area contributed by atoms with E-state index in [9.17, 15) is 15.0 Å². The van der Waals surface area contributed by atoms with Crippen LogP contribution in [0, 0.1) is 0 Å². The van der Waals surface area contributed by atoms with E-state index >= 15 is 0 Å². The van der Waals surface area contributed by atoms with Crippen molar-refractivity contribution in [2.45, 2.75) is 321 Å². The minimum Gasteiger partial charge on any atom is -0.394 e. The Morgan fingerprint density at radius 3 is 0.935 bits per heavy atom. The topological polar surface area (TPSA) is 69.6 Å². The summed E-state index contributed by atoms with van der Waals surface area (Å²) in [5, 5.41) is 23.1. The number of nitrogens with one attached hydrogen (secondary N) is 1. The molecule has 4 nitrogen and oxygen atoms in total. The Morgan fingerprint density at radius 1 is 0.371 bits per heavy atom. The fourth-order valence-corrected chi connectivity index (χ4v) is 8.78. The van der Waals surface area contributed by atoms with Gasteiger partial charge in [0.05, 0.1) is 18.8 Å². The van der Waals surface area contributed by atoms with Crippen LogP contribution >= 0.6 is 0 Å². The average molecular weight is 871 g/mol. The van der Waals surface area contributed by atoms with E-state index < -0.39 is 12.1 Å². The van der Waals surface area contributed by atoms with Crippen molar-refractivity contribution < 1.29 is 15.0 Å². The van der Waals surface area contributed by atoms with Crippen molar-refractivity contribution in [2.75, 3.05) is 6.61 Å². The Hall–Kier alpha value is -1.39. The van der Waals surface area contributed by atoms with E-state index in [1.165, 1.54) is 257 Å². The molecule has 0 aliphatic heterocycles. The van der Waals surface area contributed by atoms with E-state index in [2.05, 4.69) is 43.5 Å². The van der Waals surface area contributed by atoms with E-state index in [1.807, 2.05) is 6.08 Å². The number of unbranched alkanes of at least 4 members (excludes halogenated alkanes) is 41. The number of rotatable bonds is 52. The molecular weight excluding hydrogens is 759 g/mol. The number of aliphatic hydroxyl groups excluding tert-OH is 2. The molecule has 1 amide bonds. The van der Waals surface area contributed by atoms with Crippen LogP contribution in [0.25, 0.3) is 0 Å². The molecule has 0 radical (unpaired) electrons. The predicted molar refractivity (Wildman–Crippen MR) is 276 cm³/mol. The summed E-state index contributed by atoms with van der Waals surface area (Å²) in [7, 11) is 0. The summed E-state index contributed by atoms with van der Waals surface area (Å²) in [6.07, 6.45) is 73.1. The Bertz CT molecular complexity index is 943. The van der Waals surface area contributed by atoms with Crippen molar-refractivity contribution in [3.05, 3.63) is 36.5 Å². The summed E-state index contributed by atoms with van der Waals surface area (Å²) < 4.78 is 0. The molecule has 0 rings (SSSR count). The molecule has 0 saturated carbocycles. The zero-order valence-electron chi connectivity index (χ0n) is 42.2. The van der Waals surface area contributed by atoms with Crippen molar-refractivity contribution in [3.63, 3.8) is 0 Å². The quantitative estimate of drug-likeness (QED) is 0.0421. The first-order valence-electron chi connectivity index (χ1n) is 28.2. The highest BCUT2D eigenvalue weighted by Crippen LogP contribution is 2.17. The van der Waals surface area contributed by atoms with Gasteiger partial charge in [-0.2, -0.15) is 0 Å². The minimum absolute atomic E-state index is 0.0723.